The van der Waals surface area contributed by atoms with Crippen molar-refractivity contribution in [2.75, 3.05) is 11.9 Å². The average Bonchev–Trinajstić information content (AvgIpc) is 3.19. The van der Waals surface area contributed by atoms with Crippen molar-refractivity contribution in [3.63, 3.8) is 0 Å². The number of anilines is 1. The lowest BCUT2D eigenvalue weighted by molar-refractivity contribution is -0.139. The Morgan fingerprint density at radius 1 is 1.24 bits per heavy atom. The highest BCUT2D eigenvalue weighted by Crippen LogP contribution is 2.46. The van der Waals surface area contributed by atoms with Crippen molar-refractivity contribution in [1.29, 1.82) is 0 Å². The molecule has 0 unspecified atom stereocenters. The molecule has 0 spiro atoms. The van der Waals surface area contributed by atoms with Gasteiger partial charge in [-0.25, -0.2) is 0 Å². The second kappa shape index (κ2) is 6.30. The molecule has 1 N–H and O–H groups in total. The number of benzene rings is 1. The zero-order chi connectivity index (χ0) is 20.3. The Morgan fingerprint density at radius 2 is 2.07 bits per heavy atom. The van der Waals surface area contributed by atoms with Gasteiger partial charge >= 0.3 is 0 Å². The number of pyridine rings is 1. The average molecular weight is 386 g/mol. The maximum atomic E-state index is 13.3. The van der Waals surface area contributed by atoms with Crippen LogP contribution >= 0.6 is 0 Å². The van der Waals surface area contributed by atoms with Crippen LogP contribution in [0.15, 0.2) is 60.2 Å². The SMILES string of the molecule is CC(=O)N1CC2=C(C1=O)[C@@H](c1cccnc1)c1cn(C(C)C)c3cccc(c13)N2. The Balaban J connectivity index is 1.83. The highest BCUT2D eigenvalue weighted by atomic mass is 16.2. The highest BCUT2D eigenvalue weighted by Gasteiger charge is 2.41. The third-order valence-corrected chi connectivity index (χ3v) is 5.84. The predicted octanol–water partition coefficient (Wildman–Crippen LogP) is 3.82. The Morgan fingerprint density at radius 3 is 2.76 bits per heavy atom. The summed E-state index contributed by atoms with van der Waals surface area (Å²) in [6.07, 6.45) is 5.69. The lowest BCUT2D eigenvalue weighted by atomic mass is 9.85. The van der Waals surface area contributed by atoms with E-state index in [2.05, 4.69) is 41.0 Å². The molecule has 1 atom stereocenters. The van der Waals surface area contributed by atoms with Gasteiger partial charge in [-0.3, -0.25) is 19.5 Å². The van der Waals surface area contributed by atoms with Gasteiger partial charge in [-0.1, -0.05) is 12.1 Å². The smallest absolute Gasteiger partial charge is 0.259 e. The molecule has 2 aromatic heterocycles. The van der Waals surface area contributed by atoms with Crippen LogP contribution in [-0.4, -0.2) is 32.8 Å². The molecule has 146 valence electrons. The van der Waals surface area contributed by atoms with Gasteiger partial charge in [0.05, 0.1) is 17.6 Å². The van der Waals surface area contributed by atoms with Crippen molar-refractivity contribution < 1.29 is 9.59 Å². The molecule has 4 heterocycles. The number of carbonyl (C=O) groups is 2. The molecular formula is C23H22N4O2. The number of nitrogens with one attached hydrogen (secondary N) is 1. The van der Waals surface area contributed by atoms with Crippen LogP contribution < -0.4 is 5.32 Å². The summed E-state index contributed by atoms with van der Waals surface area (Å²) >= 11 is 0. The van der Waals surface area contributed by atoms with Crippen molar-refractivity contribution >= 4 is 28.4 Å². The van der Waals surface area contributed by atoms with Gasteiger partial charge in [0.2, 0.25) is 5.91 Å². The van der Waals surface area contributed by atoms with Crippen LogP contribution in [0.5, 0.6) is 0 Å². The van der Waals surface area contributed by atoms with Gasteiger partial charge in [-0.05, 0) is 43.2 Å². The van der Waals surface area contributed by atoms with E-state index in [0.717, 1.165) is 33.4 Å². The van der Waals surface area contributed by atoms with Gasteiger partial charge in [0.25, 0.3) is 5.91 Å². The number of hydrogen-bond acceptors (Lipinski definition) is 4. The van der Waals surface area contributed by atoms with Crippen LogP contribution in [0.2, 0.25) is 0 Å². The van der Waals surface area contributed by atoms with Gasteiger partial charge in [-0.15, -0.1) is 0 Å². The number of aromatic nitrogens is 2. The number of hydrogen-bond donors (Lipinski definition) is 1. The maximum absolute atomic E-state index is 13.3. The fourth-order valence-electron chi connectivity index (χ4n) is 4.55. The number of rotatable bonds is 2. The van der Waals surface area contributed by atoms with E-state index in [1.165, 1.54) is 11.8 Å². The molecule has 3 aromatic rings. The summed E-state index contributed by atoms with van der Waals surface area (Å²) in [5.41, 5.74) is 5.53. The molecule has 29 heavy (non-hydrogen) atoms. The van der Waals surface area contributed by atoms with Gasteiger partial charge < -0.3 is 9.88 Å². The summed E-state index contributed by atoms with van der Waals surface area (Å²) in [4.78, 5) is 31.0. The second-order valence-electron chi connectivity index (χ2n) is 7.93. The fourth-order valence-corrected chi connectivity index (χ4v) is 4.55. The minimum Gasteiger partial charge on any atom is -0.356 e. The van der Waals surface area contributed by atoms with E-state index in [4.69, 9.17) is 0 Å². The van der Waals surface area contributed by atoms with E-state index in [9.17, 15) is 9.59 Å². The summed E-state index contributed by atoms with van der Waals surface area (Å²) in [6.45, 7) is 6.00. The van der Waals surface area contributed by atoms with Crippen molar-refractivity contribution in [3.8, 4) is 0 Å². The van der Waals surface area contributed by atoms with Crippen LogP contribution in [0.3, 0.4) is 0 Å². The van der Waals surface area contributed by atoms with E-state index >= 15 is 0 Å². The molecule has 2 aliphatic rings. The van der Waals surface area contributed by atoms with Crippen molar-refractivity contribution in [1.82, 2.24) is 14.5 Å². The summed E-state index contributed by atoms with van der Waals surface area (Å²) in [7, 11) is 0. The van der Waals surface area contributed by atoms with Crippen molar-refractivity contribution in [2.45, 2.75) is 32.7 Å². The van der Waals surface area contributed by atoms with Gasteiger partial charge in [0, 0.05) is 54.2 Å². The van der Waals surface area contributed by atoms with E-state index in [1.54, 1.807) is 6.20 Å². The Bertz CT molecular complexity index is 1190. The quantitative estimate of drug-likeness (QED) is 0.727. The summed E-state index contributed by atoms with van der Waals surface area (Å²) in [5.74, 6) is -0.755. The molecule has 1 aromatic carbocycles. The monoisotopic (exact) mass is 386 g/mol. The molecule has 6 nitrogen and oxygen atoms in total. The molecule has 0 radical (unpaired) electrons. The molecule has 0 saturated heterocycles. The van der Waals surface area contributed by atoms with Gasteiger partial charge in [0.1, 0.15) is 0 Å². The molecule has 0 aliphatic carbocycles. The topological polar surface area (TPSA) is 67.2 Å². The first kappa shape index (κ1) is 17.7. The normalized spacial score (nSPS) is 18.3. The zero-order valence-electron chi connectivity index (χ0n) is 16.6. The largest absolute Gasteiger partial charge is 0.356 e. The zero-order valence-corrected chi connectivity index (χ0v) is 16.6. The first-order valence-corrected chi connectivity index (χ1v) is 9.83. The Kier molecular flexibility index (Phi) is 3.84. The second-order valence-corrected chi connectivity index (χ2v) is 7.93. The molecule has 2 aliphatic heterocycles. The number of amides is 2. The van der Waals surface area contributed by atoms with E-state index in [1.807, 2.05) is 30.5 Å². The molecule has 0 bridgehead atoms. The van der Waals surface area contributed by atoms with Crippen molar-refractivity contribution in [3.05, 3.63) is 71.3 Å². The van der Waals surface area contributed by atoms with E-state index in [0.29, 0.717) is 5.57 Å². The standard InChI is InChI=1S/C23H22N4O2/c1-13(2)26-11-16-20(15-6-5-9-24-10-15)22-18(12-27(14(3)28)23(22)29)25-17-7-4-8-19(26)21(16)17/h4-11,13,20,25H,12H2,1-3H3/t20-/m0/s1. The fraction of sp³-hybridized carbons (Fsp3) is 0.261. The van der Waals surface area contributed by atoms with Crippen LogP contribution in [-0.2, 0) is 9.59 Å². The summed E-state index contributed by atoms with van der Waals surface area (Å²) in [6, 6.07) is 10.3. The third-order valence-electron chi connectivity index (χ3n) is 5.84. The minimum absolute atomic E-state index is 0.230. The Hall–Kier alpha value is -3.41. The van der Waals surface area contributed by atoms with E-state index in [-0.39, 0.29) is 30.3 Å². The molecule has 0 saturated carbocycles. The van der Waals surface area contributed by atoms with Crippen molar-refractivity contribution in [2.24, 2.45) is 0 Å². The summed E-state index contributed by atoms with van der Waals surface area (Å²) < 4.78 is 2.24. The minimum atomic E-state index is -0.283. The van der Waals surface area contributed by atoms with Crippen LogP contribution in [0, 0.1) is 0 Å². The molecule has 2 amide bonds. The molecule has 0 fully saturated rings. The molecule has 5 rings (SSSR count). The predicted molar refractivity (Wildman–Crippen MR) is 111 cm³/mol. The molecular weight excluding hydrogens is 364 g/mol. The number of nitrogens with zero attached hydrogens (tertiary/aromatic N) is 3. The van der Waals surface area contributed by atoms with Crippen LogP contribution in [0.4, 0.5) is 5.69 Å². The van der Waals surface area contributed by atoms with Gasteiger partial charge in [0.15, 0.2) is 0 Å². The lowest BCUT2D eigenvalue weighted by Crippen LogP contribution is -2.33. The highest BCUT2D eigenvalue weighted by molar-refractivity contribution is 6.11. The van der Waals surface area contributed by atoms with E-state index < -0.39 is 0 Å². The third kappa shape index (κ3) is 2.52. The molecule has 6 heteroatoms. The Labute approximate surface area is 168 Å². The summed E-state index contributed by atoms with van der Waals surface area (Å²) in [5, 5.41) is 4.60. The maximum Gasteiger partial charge on any atom is 0.259 e. The van der Waals surface area contributed by atoms with Gasteiger partial charge in [-0.2, -0.15) is 0 Å². The van der Waals surface area contributed by atoms with Crippen LogP contribution in [0.25, 0.3) is 10.9 Å². The lowest BCUT2D eigenvalue weighted by Gasteiger charge is -2.19. The number of carbonyl (C=O) groups excluding carboxylic acids is 2. The number of imide groups is 1. The first-order chi connectivity index (χ1) is 14.0. The first-order valence-electron chi connectivity index (χ1n) is 9.83. The van der Waals surface area contributed by atoms with Crippen LogP contribution in [0.1, 0.15) is 43.9 Å².